The second-order valence-corrected chi connectivity index (χ2v) is 6.29. The molecule has 2 aromatic rings. The maximum atomic E-state index is 11.1. The molecule has 1 saturated heterocycles. The lowest BCUT2D eigenvalue weighted by Crippen LogP contribution is -2.36. The van der Waals surface area contributed by atoms with Gasteiger partial charge in [-0.05, 0) is 43.2 Å². The minimum absolute atomic E-state index is 0.254. The number of anilines is 2. The number of piperidine rings is 1. The van der Waals surface area contributed by atoms with Crippen molar-refractivity contribution in [3.05, 3.63) is 36.5 Å². The van der Waals surface area contributed by atoms with Crippen LogP contribution >= 0.6 is 0 Å². The number of methoxy groups -OCH3 is 1. The molecule has 1 fully saturated rings. The maximum Gasteiger partial charge on any atom is 0.306 e. The Balaban J connectivity index is 1.45. The van der Waals surface area contributed by atoms with Crippen LogP contribution in [0.1, 0.15) is 12.8 Å². The first kappa shape index (κ1) is 18.8. The number of carboxylic acids is 1. The minimum atomic E-state index is -0.712. The van der Waals surface area contributed by atoms with Crippen LogP contribution in [0.3, 0.4) is 0 Å². The van der Waals surface area contributed by atoms with Gasteiger partial charge in [0.15, 0.2) is 0 Å². The van der Waals surface area contributed by atoms with Crippen LogP contribution in [-0.4, -0.2) is 54.4 Å². The molecule has 1 aromatic heterocycles. The largest absolute Gasteiger partial charge is 0.497 e. The number of nitrogens with one attached hydrogen (secondary N) is 1. The average molecular weight is 372 g/mol. The van der Waals surface area contributed by atoms with E-state index in [2.05, 4.69) is 20.2 Å². The van der Waals surface area contributed by atoms with Crippen molar-refractivity contribution in [1.29, 1.82) is 0 Å². The van der Waals surface area contributed by atoms with Crippen LogP contribution in [0.4, 0.5) is 11.8 Å². The Morgan fingerprint density at radius 3 is 2.59 bits per heavy atom. The number of hydrogen-bond acceptors (Lipinski definition) is 7. The van der Waals surface area contributed by atoms with Crippen LogP contribution in [0, 0.1) is 5.92 Å². The Labute approximate surface area is 158 Å². The molecule has 144 valence electrons. The predicted octanol–water partition coefficient (Wildman–Crippen LogP) is 2.28. The molecular formula is C19H24N4O4. The van der Waals surface area contributed by atoms with Crippen LogP contribution in [0.15, 0.2) is 36.5 Å². The average Bonchev–Trinajstić information content (AvgIpc) is 2.72. The Kier molecular flexibility index (Phi) is 6.30. The summed E-state index contributed by atoms with van der Waals surface area (Å²) in [6.45, 7) is 2.42. The summed E-state index contributed by atoms with van der Waals surface area (Å²) in [7, 11) is 1.63. The van der Waals surface area contributed by atoms with E-state index in [1.54, 1.807) is 13.3 Å². The van der Waals surface area contributed by atoms with Crippen molar-refractivity contribution in [2.24, 2.45) is 5.92 Å². The lowest BCUT2D eigenvalue weighted by Gasteiger charge is -2.31. The number of carbonyl (C=O) groups is 1. The molecule has 0 spiro atoms. The zero-order chi connectivity index (χ0) is 19.1. The van der Waals surface area contributed by atoms with Gasteiger partial charge < -0.3 is 24.8 Å². The van der Waals surface area contributed by atoms with Crippen LogP contribution in [0.5, 0.6) is 11.5 Å². The summed E-state index contributed by atoms with van der Waals surface area (Å²) in [5.41, 5.74) is 0. The van der Waals surface area contributed by atoms with E-state index < -0.39 is 5.97 Å². The van der Waals surface area contributed by atoms with Crippen molar-refractivity contribution in [3.63, 3.8) is 0 Å². The molecule has 1 aromatic carbocycles. The van der Waals surface area contributed by atoms with Crippen LogP contribution in [0.25, 0.3) is 0 Å². The standard InChI is InChI=1S/C19H24N4O4/c1-26-15-2-4-16(5-3-15)27-13-10-21-19-20-9-6-17(22-19)23-11-7-14(8-12-23)18(24)25/h2-6,9,14H,7-8,10-13H2,1H3,(H,24,25)(H,20,21,22). The van der Waals surface area contributed by atoms with Crippen LogP contribution in [-0.2, 0) is 4.79 Å². The van der Waals surface area contributed by atoms with E-state index in [4.69, 9.17) is 14.6 Å². The Morgan fingerprint density at radius 2 is 1.93 bits per heavy atom. The molecule has 27 heavy (non-hydrogen) atoms. The zero-order valence-corrected chi connectivity index (χ0v) is 15.3. The Hall–Kier alpha value is -3.03. The molecule has 8 nitrogen and oxygen atoms in total. The van der Waals surface area contributed by atoms with Gasteiger partial charge in [0.2, 0.25) is 5.95 Å². The first-order valence-corrected chi connectivity index (χ1v) is 8.97. The van der Waals surface area contributed by atoms with Crippen molar-refractivity contribution in [2.75, 3.05) is 43.6 Å². The van der Waals surface area contributed by atoms with Crippen molar-refractivity contribution in [2.45, 2.75) is 12.8 Å². The van der Waals surface area contributed by atoms with E-state index in [-0.39, 0.29) is 5.92 Å². The van der Waals surface area contributed by atoms with E-state index >= 15 is 0 Å². The first-order valence-electron chi connectivity index (χ1n) is 8.97. The molecule has 3 rings (SSSR count). The fourth-order valence-corrected chi connectivity index (χ4v) is 2.97. The van der Waals surface area contributed by atoms with Crippen LogP contribution in [0.2, 0.25) is 0 Å². The van der Waals surface area contributed by atoms with Gasteiger partial charge in [0.1, 0.15) is 23.9 Å². The zero-order valence-electron chi connectivity index (χ0n) is 15.3. The first-order chi connectivity index (χ1) is 13.2. The van der Waals surface area contributed by atoms with Crippen molar-refractivity contribution in [3.8, 4) is 11.5 Å². The van der Waals surface area contributed by atoms with Gasteiger partial charge in [-0.1, -0.05) is 0 Å². The van der Waals surface area contributed by atoms with Crippen molar-refractivity contribution >= 4 is 17.7 Å². The third kappa shape index (κ3) is 5.22. The summed E-state index contributed by atoms with van der Waals surface area (Å²) in [4.78, 5) is 21.9. The number of carboxylic acid groups (broad SMARTS) is 1. The molecule has 1 aliphatic rings. The quantitative estimate of drug-likeness (QED) is 0.681. The monoisotopic (exact) mass is 372 g/mol. The lowest BCUT2D eigenvalue weighted by atomic mass is 9.97. The van der Waals surface area contributed by atoms with Gasteiger partial charge in [0, 0.05) is 19.3 Å². The fraction of sp³-hybridized carbons (Fsp3) is 0.421. The summed E-state index contributed by atoms with van der Waals surface area (Å²) in [6.07, 6.45) is 2.98. The molecule has 2 N–H and O–H groups in total. The maximum absolute atomic E-state index is 11.1. The highest BCUT2D eigenvalue weighted by Crippen LogP contribution is 2.22. The number of rotatable bonds is 8. The number of hydrogen-bond donors (Lipinski definition) is 2. The van der Waals surface area contributed by atoms with Crippen molar-refractivity contribution < 1.29 is 19.4 Å². The number of nitrogens with zero attached hydrogens (tertiary/aromatic N) is 3. The van der Waals surface area contributed by atoms with E-state index in [0.29, 0.717) is 45.0 Å². The molecule has 0 saturated carbocycles. The number of ether oxygens (including phenoxy) is 2. The number of benzene rings is 1. The molecule has 0 unspecified atom stereocenters. The second-order valence-electron chi connectivity index (χ2n) is 6.29. The summed E-state index contributed by atoms with van der Waals surface area (Å²) in [6, 6.07) is 9.26. The van der Waals surface area contributed by atoms with E-state index in [9.17, 15) is 4.79 Å². The molecular weight excluding hydrogens is 348 g/mol. The molecule has 8 heteroatoms. The molecule has 0 bridgehead atoms. The van der Waals surface area contributed by atoms with Gasteiger partial charge in [0.25, 0.3) is 0 Å². The normalized spacial score (nSPS) is 14.6. The summed E-state index contributed by atoms with van der Waals surface area (Å²) < 4.78 is 10.8. The van der Waals surface area contributed by atoms with Gasteiger partial charge in [-0.15, -0.1) is 0 Å². The van der Waals surface area contributed by atoms with Gasteiger partial charge in [-0.25, -0.2) is 4.98 Å². The summed E-state index contributed by atoms with van der Waals surface area (Å²) in [5, 5.41) is 12.2. The van der Waals surface area contributed by atoms with Gasteiger partial charge in [-0.3, -0.25) is 4.79 Å². The highest BCUT2D eigenvalue weighted by Gasteiger charge is 2.25. The van der Waals surface area contributed by atoms with Gasteiger partial charge >= 0.3 is 5.97 Å². The van der Waals surface area contributed by atoms with Crippen LogP contribution < -0.4 is 19.7 Å². The lowest BCUT2D eigenvalue weighted by molar-refractivity contribution is -0.142. The summed E-state index contributed by atoms with van der Waals surface area (Å²) in [5.74, 6) is 1.94. The highest BCUT2D eigenvalue weighted by molar-refractivity contribution is 5.70. The summed E-state index contributed by atoms with van der Waals surface area (Å²) >= 11 is 0. The molecule has 1 aliphatic heterocycles. The topological polar surface area (TPSA) is 96.8 Å². The fourth-order valence-electron chi connectivity index (χ4n) is 2.97. The molecule has 2 heterocycles. The van der Waals surface area contributed by atoms with E-state index in [1.165, 1.54) is 0 Å². The van der Waals surface area contributed by atoms with Gasteiger partial charge in [-0.2, -0.15) is 4.98 Å². The third-order valence-electron chi connectivity index (χ3n) is 4.52. The third-order valence-corrected chi connectivity index (χ3v) is 4.52. The molecule has 0 atom stereocenters. The van der Waals surface area contributed by atoms with Gasteiger partial charge in [0.05, 0.1) is 19.6 Å². The number of aliphatic carboxylic acids is 1. The Morgan fingerprint density at radius 1 is 1.22 bits per heavy atom. The predicted molar refractivity (Wildman–Crippen MR) is 102 cm³/mol. The smallest absolute Gasteiger partial charge is 0.306 e. The molecule has 0 radical (unpaired) electrons. The molecule has 0 amide bonds. The van der Waals surface area contributed by atoms with E-state index in [0.717, 1.165) is 17.3 Å². The second kappa shape index (κ2) is 9.07. The molecule has 0 aliphatic carbocycles. The Bertz CT molecular complexity index is 746. The minimum Gasteiger partial charge on any atom is -0.497 e. The SMILES string of the molecule is COc1ccc(OCCNc2nccc(N3CCC(C(=O)O)CC3)n2)cc1. The number of aromatic nitrogens is 2. The van der Waals surface area contributed by atoms with E-state index in [1.807, 2.05) is 30.3 Å². The van der Waals surface area contributed by atoms with Crippen molar-refractivity contribution in [1.82, 2.24) is 9.97 Å². The highest BCUT2D eigenvalue weighted by atomic mass is 16.5.